The van der Waals surface area contributed by atoms with Crippen molar-refractivity contribution in [2.24, 2.45) is 0 Å². The lowest BCUT2D eigenvalue weighted by Crippen LogP contribution is -2.61. The molecule has 460 valence electrons. The Balaban J connectivity index is 2.70. The lowest BCUT2D eigenvalue weighted by Gasteiger charge is -2.40. The highest BCUT2D eigenvalue weighted by molar-refractivity contribution is 5.74. The molecule has 1 aliphatic heterocycles. The molecule has 0 amide bonds. The normalized spacial score (nSPS) is 18.5. The van der Waals surface area contributed by atoms with Crippen LogP contribution in [0.25, 0.3) is 0 Å². The van der Waals surface area contributed by atoms with Crippen LogP contribution in [0.5, 0.6) is 0 Å². The minimum absolute atomic E-state index is 0.0327. The zero-order chi connectivity index (χ0) is 58.9. The summed E-state index contributed by atoms with van der Waals surface area (Å²) in [7, 11) is 0. The van der Waals surface area contributed by atoms with Gasteiger partial charge in [0.15, 0.2) is 24.6 Å². The van der Waals surface area contributed by atoms with Crippen LogP contribution in [0.2, 0.25) is 0 Å². The van der Waals surface area contributed by atoms with Crippen LogP contribution in [-0.4, -0.2) is 89.2 Å². The van der Waals surface area contributed by atoms with Crippen LogP contribution in [0, 0.1) is 0 Å². The van der Waals surface area contributed by atoms with Crippen molar-refractivity contribution in [1.29, 1.82) is 0 Å². The topological polar surface area (TPSA) is 175 Å². The molecule has 12 heteroatoms. The fraction of sp³-hybridized carbons (Fsp3) is 0.681. The number of allylic oxidation sites excluding steroid dienone is 18. The van der Waals surface area contributed by atoms with Gasteiger partial charge in [-0.2, -0.15) is 0 Å². The van der Waals surface area contributed by atoms with Gasteiger partial charge in [-0.3, -0.25) is 14.4 Å². The zero-order valence-electron chi connectivity index (χ0n) is 50.7. The molecule has 0 saturated carbocycles. The van der Waals surface area contributed by atoms with Gasteiger partial charge >= 0.3 is 23.9 Å². The summed E-state index contributed by atoms with van der Waals surface area (Å²) in [6.45, 7) is 5.72. The Bertz CT molecular complexity index is 1820. The first-order valence-corrected chi connectivity index (χ1v) is 31.9. The monoisotopic (exact) mass is 1130 g/mol. The van der Waals surface area contributed by atoms with Crippen LogP contribution in [0.3, 0.4) is 0 Å². The summed E-state index contributed by atoms with van der Waals surface area (Å²) in [6.07, 6.45) is 63.3. The first kappa shape index (κ1) is 74.4. The van der Waals surface area contributed by atoms with Gasteiger partial charge in [0.2, 0.25) is 0 Å². The molecule has 6 unspecified atom stereocenters. The third kappa shape index (κ3) is 45.6. The Morgan fingerprint density at radius 1 is 0.420 bits per heavy atom. The second-order valence-corrected chi connectivity index (χ2v) is 21.3. The molecule has 6 atom stereocenters. The van der Waals surface area contributed by atoms with E-state index in [1.807, 2.05) is 0 Å². The van der Waals surface area contributed by atoms with Gasteiger partial charge < -0.3 is 39.0 Å². The molecule has 0 aromatic carbocycles. The predicted molar refractivity (Wildman–Crippen MR) is 330 cm³/mol. The molecular formula is C69H112O12. The molecule has 1 fully saturated rings. The Labute approximate surface area is 491 Å². The third-order valence-corrected chi connectivity index (χ3v) is 13.8. The van der Waals surface area contributed by atoms with Gasteiger partial charge in [0.05, 0.1) is 6.61 Å². The molecule has 0 bridgehead atoms. The highest BCUT2D eigenvalue weighted by Gasteiger charge is 2.50. The molecule has 1 rings (SSSR count). The van der Waals surface area contributed by atoms with E-state index in [4.69, 9.17) is 23.7 Å². The van der Waals surface area contributed by atoms with Crippen LogP contribution in [-0.2, 0) is 42.9 Å². The summed E-state index contributed by atoms with van der Waals surface area (Å²) < 4.78 is 28.5. The number of esters is 3. The van der Waals surface area contributed by atoms with Crippen molar-refractivity contribution < 1.29 is 58.2 Å². The van der Waals surface area contributed by atoms with E-state index in [0.717, 1.165) is 135 Å². The standard InChI is InChI=1S/C69H112O12/c1-4-7-10-13-16-19-22-25-28-30-31-33-35-37-40-43-46-49-52-55-61(70)77-58-60(79-62(71)56-53-50-47-44-41-39-36-32-29-26-23-20-17-14-11-8-5-2)59-78-69-67(65(74)64(73)66(81-69)68(75)76)80-63(72)57-54-51-48-45-42-38-34-27-24-21-18-15-12-9-6-3/h8-9,11-12,16-21,25-29,34,36,39,60,64-67,69,73-74H,4-7,10,13-15,22-24,30-33,35,37-38,40-59H2,1-3H3,(H,75,76)/b11-8-,12-9-,19-16-,20-17-,21-18-,28-25-,29-26-,34-27-,39-36-. The summed E-state index contributed by atoms with van der Waals surface area (Å²) in [5.41, 5.74) is 0. The molecule has 1 saturated heterocycles. The summed E-state index contributed by atoms with van der Waals surface area (Å²) >= 11 is 0. The number of aliphatic carboxylic acids is 1. The molecule has 3 N–H and O–H groups in total. The van der Waals surface area contributed by atoms with Crippen molar-refractivity contribution in [2.75, 3.05) is 13.2 Å². The van der Waals surface area contributed by atoms with E-state index < -0.39 is 67.3 Å². The molecule has 1 aliphatic rings. The lowest BCUT2D eigenvalue weighted by molar-refractivity contribution is -0.301. The number of hydrogen-bond acceptors (Lipinski definition) is 11. The number of aliphatic hydroxyl groups excluding tert-OH is 2. The maximum absolute atomic E-state index is 13.2. The molecule has 0 aromatic heterocycles. The third-order valence-electron chi connectivity index (χ3n) is 13.8. The number of carboxylic acids is 1. The van der Waals surface area contributed by atoms with Crippen molar-refractivity contribution in [3.05, 3.63) is 109 Å². The van der Waals surface area contributed by atoms with Gasteiger partial charge in [-0.15, -0.1) is 0 Å². The van der Waals surface area contributed by atoms with Gasteiger partial charge in [0.25, 0.3) is 0 Å². The average molecular weight is 1130 g/mol. The van der Waals surface area contributed by atoms with Gasteiger partial charge in [-0.25, -0.2) is 4.79 Å². The number of ether oxygens (including phenoxy) is 5. The average Bonchev–Trinajstić information content (AvgIpc) is 3.52. The van der Waals surface area contributed by atoms with E-state index in [2.05, 4.69) is 130 Å². The van der Waals surface area contributed by atoms with E-state index in [9.17, 15) is 34.5 Å². The van der Waals surface area contributed by atoms with Crippen molar-refractivity contribution >= 4 is 23.9 Å². The predicted octanol–water partition coefficient (Wildman–Crippen LogP) is 17.0. The smallest absolute Gasteiger partial charge is 0.335 e. The number of hydrogen-bond donors (Lipinski definition) is 3. The number of unbranched alkanes of at least 4 members (excludes halogenated alkanes) is 21. The van der Waals surface area contributed by atoms with Gasteiger partial charge in [-0.1, -0.05) is 220 Å². The summed E-state index contributed by atoms with van der Waals surface area (Å²) in [4.78, 5) is 51.3. The number of carboxylic acid groups (broad SMARTS) is 1. The fourth-order valence-electron chi connectivity index (χ4n) is 8.99. The van der Waals surface area contributed by atoms with Crippen molar-refractivity contribution in [3.63, 3.8) is 0 Å². The summed E-state index contributed by atoms with van der Waals surface area (Å²) in [5.74, 6) is -3.18. The maximum Gasteiger partial charge on any atom is 0.335 e. The molecule has 1 heterocycles. The van der Waals surface area contributed by atoms with E-state index in [0.29, 0.717) is 19.3 Å². The summed E-state index contributed by atoms with van der Waals surface area (Å²) in [6, 6.07) is 0. The second kappa shape index (κ2) is 55.9. The largest absolute Gasteiger partial charge is 0.479 e. The molecule has 12 nitrogen and oxygen atoms in total. The molecule has 81 heavy (non-hydrogen) atoms. The molecule has 0 aliphatic carbocycles. The number of carbonyl (C=O) groups is 4. The van der Waals surface area contributed by atoms with Gasteiger partial charge in [0, 0.05) is 19.3 Å². The molecular weight excluding hydrogens is 1020 g/mol. The van der Waals surface area contributed by atoms with Crippen molar-refractivity contribution in [3.8, 4) is 0 Å². The molecule has 0 aromatic rings. The summed E-state index contributed by atoms with van der Waals surface area (Å²) in [5, 5.41) is 31.6. The van der Waals surface area contributed by atoms with E-state index in [1.165, 1.54) is 57.8 Å². The Morgan fingerprint density at radius 3 is 1.19 bits per heavy atom. The van der Waals surface area contributed by atoms with E-state index >= 15 is 0 Å². The minimum Gasteiger partial charge on any atom is -0.479 e. The van der Waals surface area contributed by atoms with Crippen LogP contribution in [0.15, 0.2) is 109 Å². The number of aliphatic hydroxyl groups is 2. The maximum atomic E-state index is 13.2. The van der Waals surface area contributed by atoms with E-state index in [1.54, 1.807) is 0 Å². The van der Waals surface area contributed by atoms with E-state index in [-0.39, 0.29) is 25.9 Å². The molecule has 0 radical (unpaired) electrons. The number of carbonyl (C=O) groups excluding carboxylic acids is 3. The quantitative estimate of drug-likeness (QED) is 0.0228. The van der Waals surface area contributed by atoms with Gasteiger partial charge in [0.1, 0.15) is 18.8 Å². The first-order chi connectivity index (χ1) is 39.6. The first-order valence-electron chi connectivity index (χ1n) is 31.9. The lowest BCUT2D eigenvalue weighted by atomic mass is 9.98. The van der Waals surface area contributed by atoms with Crippen LogP contribution in [0.1, 0.15) is 252 Å². The zero-order valence-corrected chi connectivity index (χ0v) is 50.7. The van der Waals surface area contributed by atoms with Crippen LogP contribution >= 0.6 is 0 Å². The Kier molecular flexibility index (Phi) is 51.3. The number of rotatable bonds is 53. The minimum atomic E-state index is -1.92. The fourth-order valence-corrected chi connectivity index (χ4v) is 8.99. The van der Waals surface area contributed by atoms with Gasteiger partial charge in [-0.05, 0) is 122 Å². The SMILES string of the molecule is CC/C=C\C/C=C\C/C=C\C/C=C\CCCCCCC(=O)OC(COC(=O)CCCCCCCCCCC/C=C\C/C=C\CCCCC)COC1OC(C(=O)O)C(O)C(O)C1OC(=O)CCCCCCC/C=C\C/C=C\C/C=C\CC. The second-order valence-electron chi connectivity index (χ2n) is 21.3. The van der Waals surface area contributed by atoms with Crippen LogP contribution in [0.4, 0.5) is 0 Å². The Hall–Kier alpha value is -4.62. The van der Waals surface area contributed by atoms with Crippen LogP contribution < -0.4 is 0 Å². The molecule has 0 spiro atoms. The van der Waals surface area contributed by atoms with Crippen molar-refractivity contribution in [1.82, 2.24) is 0 Å². The highest BCUT2D eigenvalue weighted by Crippen LogP contribution is 2.26. The Morgan fingerprint density at radius 2 is 0.778 bits per heavy atom. The highest BCUT2D eigenvalue weighted by atomic mass is 16.7. The van der Waals surface area contributed by atoms with Crippen molar-refractivity contribution in [2.45, 2.75) is 289 Å².